The predicted molar refractivity (Wildman–Crippen MR) is 102 cm³/mol. The highest BCUT2D eigenvalue weighted by Gasteiger charge is 2.22. The van der Waals surface area contributed by atoms with Crippen molar-refractivity contribution in [1.82, 2.24) is 20.1 Å². The van der Waals surface area contributed by atoms with Crippen LogP contribution in [0.5, 0.6) is 5.75 Å². The Balaban J connectivity index is 1.80. The van der Waals surface area contributed by atoms with E-state index in [9.17, 15) is 13.6 Å². The molecule has 0 radical (unpaired) electrons. The van der Waals surface area contributed by atoms with Crippen LogP contribution in [0.4, 0.5) is 8.78 Å². The zero-order valence-electron chi connectivity index (χ0n) is 16.0. The number of carbonyl (C=O) groups is 1. The van der Waals surface area contributed by atoms with E-state index in [0.717, 1.165) is 18.1 Å². The summed E-state index contributed by atoms with van der Waals surface area (Å²) in [5, 5.41) is 7.92. The summed E-state index contributed by atoms with van der Waals surface area (Å²) in [6, 6.07) is 7.12. The number of hydrogen-bond donors (Lipinski definition) is 1. The van der Waals surface area contributed by atoms with Gasteiger partial charge in [-0.2, -0.15) is 5.10 Å². The van der Waals surface area contributed by atoms with Crippen LogP contribution in [0, 0.1) is 6.92 Å². The van der Waals surface area contributed by atoms with Gasteiger partial charge in [0.15, 0.2) is 6.61 Å². The third-order valence-electron chi connectivity index (χ3n) is 4.10. The van der Waals surface area contributed by atoms with Crippen LogP contribution >= 0.6 is 0 Å². The maximum Gasteiger partial charge on any atom is 0.278 e. The van der Waals surface area contributed by atoms with Crippen LogP contribution < -0.4 is 10.1 Å². The van der Waals surface area contributed by atoms with Crippen LogP contribution in [0.15, 0.2) is 36.7 Å². The van der Waals surface area contributed by atoms with Gasteiger partial charge in [-0.1, -0.05) is 12.1 Å². The van der Waals surface area contributed by atoms with E-state index < -0.39 is 12.5 Å². The van der Waals surface area contributed by atoms with Gasteiger partial charge in [0.05, 0.1) is 17.4 Å². The van der Waals surface area contributed by atoms with Crippen LogP contribution in [0.25, 0.3) is 10.9 Å². The van der Waals surface area contributed by atoms with Crippen molar-refractivity contribution in [3.63, 3.8) is 0 Å². The lowest BCUT2D eigenvalue weighted by Gasteiger charge is -2.14. The highest BCUT2D eigenvalue weighted by molar-refractivity contribution is 6.04. The van der Waals surface area contributed by atoms with Gasteiger partial charge < -0.3 is 10.1 Å². The number of nitrogens with one attached hydrogen (secondary N) is 1. The maximum absolute atomic E-state index is 13.0. The molecule has 1 amide bonds. The van der Waals surface area contributed by atoms with Gasteiger partial charge in [-0.15, -0.1) is 0 Å². The summed E-state index contributed by atoms with van der Waals surface area (Å²) in [4.78, 5) is 16.3. The molecule has 0 aliphatic heterocycles. The van der Waals surface area contributed by atoms with Gasteiger partial charge in [-0.25, -0.2) is 8.78 Å². The SMILES string of the molecule is CCNC(=O)c1nccc2nn(Cc3ccc(OCC(C)(F)F)c(C)c3)cc12. The highest BCUT2D eigenvalue weighted by Crippen LogP contribution is 2.23. The minimum absolute atomic E-state index is 0.238. The molecular formula is C20H22F2N4O2. The Morgan fingerprint density at radius 1 is 1.32 bits per heavy atom. The van der Waals surface area contributed by atoms with Crippen molar-refractivity contribution in [3.8, 4) is 5.75 Å². The molecule has 0 saturated heterocycles. The minimum atomic E-state index is -2.88. The molecule has 0 unspecified atom stereocenters. The Kier molecular flexibility index (Phi) is 5.58. The summed E-state index contributed by atoms with van der Waals surface area (Å²) < 4.78 is 32.9. The number of amides is 1. The van der Waals surface area contributed by atoms with E-state index >= 15 is 0 Å². The second kappa shape index (κ2) is 7.92. The number of benzene rings is 1. The number of ether oxygens (including phenoxy) is 1. The number of pyridine rings is 1. The molecule has 0 spiro atoms. The zero-order valence-corrected chi connectivity index (χ0v) is 16.0. The number of halogens is 2. The fourth-order valence-corrected chi connectivity index (χ4v) is 2.86. The molecule has 0 bridgehead atoms. The summed E-state index contributed by atoms with van der Waals surface area (Å²) in [7, 11) is 0. The van der Waals surface area contributed by atoms with Crippen molar-refractivity contribution in [2.75, 3.05) is 13.2 Å². The lowest BCUT2D eigenvalue weighted by atomic mass is 10.1. The Morgan fingerprint density at radius 2 is 2.11 bits per heavy atom. The van der Waals surface area contributed by atoms with Crippen molar-refractivity contribution >= 4 is 16.8 Å². The molecule has 2 aromatic heterocycles. The first-order valence-electron chi connectivity index (χ1n) is 8.97. The van der Waals surface area contributed by atoms with Crippen LogP contribution in [0.1, 0.15) is 35.5 Å². The van der Waals surface area contributed by atoms with E-state index in [1.807, 2.05) is 26.0 Å². The Labute approximate surface area is 161 Å². The van der Waals surface area contributed by atoms with E-state index in [1.54, 1.807) is 29.2 Å². The van der Waals surface area contributed by atoms with Gasteiger partial charge in [0.2, 0.25) is 0 Å². The van der Waals surface area contributed by atoms with E-state index in [0.29, 0.717) is 35.4 Å². The lowest BCUT2D eigenvalue weighted by molar-refractivity contribution is -0.0231. The third-order valence-corrected chi connectivity index (χ3v) is 4.10. The molecule has 6 nitrogen and oxygen atoms in total. The molecule has 0 fully saturated rings. The fraction of sp³-hybridized carbons (Fsp3) is 0.350. The first-order chi connectivity index (χ1) is 13.3. The predicted octanol–water partition coefficient (Wildman–Crippen LogP) is 3.57. The number of aromatic nitrogens is 3. The van der Waals surface area contributed by atoms with Gasteiger partial charge in [0.1, 0.15) is 11.4 Å². The third kappa shape index (κ3) is 4.62. The number of hydrogen-bond acceptors (Lipinski definition) is 4. The van der Waals surface area contributed by atoms with Crippen LogP contribution in [0.3, 0.4) is 0 Å². The Bertz CT molecular complexity index is 996. The minimum Gasteiger partial charge on any atom is -0.487 e. The molecule has 1 N–H and O–H groups in total. The summed E-state index contributed by atoms with van der Waals surface area (Å²) in [6.45, 7) is 4.80. The molecule has 3 aromatic rings. The van der Waals surface area contributed by atoms with Crippen molar-refractivity contribution < 1.29 is 18.3 Å². The summed E-state index contributed by atoms with van der Waals surface area (Å²) in [5.41, 5.74) is 2.72. The smallest absolute Gasteiger partial charge is 0.278 e. The number of fused-ring (bicyclic) bond motifs is 1. The molecule has 28 heavy (non-hydrogen) atoms. The standard InChI is InChI=1S/C20H22F2N4O2/c1-4-23-19(27)18-15-11-26(25-16(15)7-8-24-18)10-14-5-6-17(13(2)9-14)28-12-20(3,21)22/h5-9,11H,4,10,12H2,1-3H3,(H,23,27). The van der Waals surface area contributed by atoms with Crippen LogP contribution in [-0.4, -0.2) is 39.7 Å². The van der Waals surface area contributed by atoms with Crippen molar-refractivity contribution in [3.05, 3.63) is 53.5 Å². The number of nitrogens with zero attached hydrogens (tertiary/aromatic N) is 3. The first kappa shape index (κ1) is 19.7. The quantitative estimate of drug-likeness (QED) is 0.672. The Morgan fingerprint density at radius 3 is 2.79 bits per heavy atom. The Hall–Kier alpha value is -3.03. The van der Waals surface area contributed by atoms with Gasteiger partial charge >= 0.3 is 0 Å². The van der Waals surface area contributed by atoms with E-state index in [-0.39, 0.29) is 5.91 Å². The van der Waals surface area contributed by atoms with Gasteiger partial charge in [0.25, 0.3) is 11.8 Å². The zero-order chi connectivity index (χ0) is 20.3. The molecule has 8 heteroatoms. The number of rotatable bonds is 7. The van der Waals surface area contributed by atoms with Crippen molar-refractivity contribution in [2.45, 2.75) is 33.2 Å². The van der Waals surface area contributed by atoms with E-state index in [4.69, 9.17) is 4.74 Å². The van der Waals surface area contributed by atoms with Gasteiger partial charge in [0, 0.05) is 25.9 Å². The maximum atomic E-state index is 13.0. The highest BCUT2D eigenvalue weighted by atomic mass is 19.3. The summed E-state index contributed by atoms with van der Waals surface area (Å²) in [6.07, 6.45) is 3.34. The van der Waals surface area contributed by atoms with Crippen LogP contribution in [0.2, 0.25) is 0 Å². The molecule has 0 atom stereocenters. The number of carbonyl (C=O) groups excluding carboxylic acids is 1. The van der Waals surface area contributed by atoms with Crippen LogP contribution in [-0.2, 0) is 6.54 Å². The second-order valence-electron chi connectivity index (χ2n) is 6.74. The lowest BCUT2D eigenvalue weighted by Crippen LogP contribution is -2.23. The average molecular weight is 388 g/mol. The second-order valence-corrected chi connectivity index (χ2v) is 6.74. The monoisotopic (exact) mass is 388 g/mol. The molecule has 148 valence electrons. The fourth-order valence-electron chi connectivity index (χ4n) is 2.86. The molecule has 0 saturated carbocycles. The summed E-state index contributed by atoms with van der Waals surface area (Å²) >= 11 is 0. The van der Waals surface area contributed by atoms with Gasteiger partial charge in [-0.05, 0) is 37.1 Å². The normalized spacial score (nSPS) is 11.6. The van der Waals surface area contributed by atoms with Crippen molar-refractivity contribution in [2.24, 2.45) is 0 Å². The first-order valence-corrected chi connectivity index (χ1v) is 8.97. The molecule has 0 aliphatic carbocycles. The number of aryl methyl sites for hydroxylation is 1. The molecule has 1 aromatic carbocycles. The summed E-state index contributed by atoms with van der Waals surface area (Å²) in [5.74, 6) is -2.69. The topological polar surface area (TPSA) is 69.0 Å². The molecule has 0 aliphatic rings. The van der Waals surface area contributed by atoms with Gasteiger partial charge in [-0.3, -0.25) is 14.5 Å². The average Bonchev–Trinajstić information content (AvgIpc) is 3.02. The largest absolute Gasteiger partial charge is 0.487 e. The van der Waals surface area contributed by atoms with E-state index in [2.05, 4.69) is 15.4 Å². The molecule has 2 heterocycles. The van der Waals surface area contributed by atoms with Crippen molar-refractivity contribution in [1.29, 1.82) is 0 Å². The van der Waals surface area contributed by atoms with E-state index in [1.165, 1.54) is 0 Å². The molecule has 3 rings (SSSR count). The molecular weight excluding hydrogens is 366 g/mol. The number of alkyl halides is 2.